The summed E-state index contributed by atoms with van der Waals surface area (Å²) in [6.45, 7) is 5.60. The number of rotatable bonds is 8. The van der Waals surface area contributed by atoms with Crippen molar-refractivity contribution in [3.63, 3.8) is 0 Å². The monoisotopic (exact) mass is 336 g/mol. The third-order valence-electron chi connectivity index (χ3n) is 4.37. The fraction of sp³-hybridized carbons (Fsp3) is 0.300. The van der Waals surface area contributed by atoms with Crippen molar-refractivity contribution in [1.29, 1.82) is 0 Å². The van der Waals surface area contributed by atoms with Gasteiger partial charge in [-0.3, -0.25) is 9.67 Å². The highest BCUT2D eigenvalue weighted by atomic mass is 16.5. The first-order chi connectivity index (χ1) is 12.2. The Balaban J connectivity index is 1.59. The molecule has 2 heterocycles. The van der Waals surface area contributed by atoms with Crippen LogP contribution in [0.5, 0.6) is 5.75 Å². The van der Waals surface area contributed by atoms with Gasteiger partial charge in [0.2, 0.25) is 0 Å². The van der Waals surface area contributed by atoms with Crippen molar-refractivity contribution < 1.29 is 4.74 Å². The summed E-state index contributed by atoms with van der Waals surface area (Å²) in [5, 5.41) is 7.89. The summed E-state index contributed by atoms with van der Waals surface area (Å²) < 4.78 is 7.97. The SMILES string of the molecule is CC(NCc1ccccc1OCc1cccnc1)C(C)n1cccn1. The molecule has 0 saturated carbocycles. The highest BCUT2D eigenvalue weighted by Crippen LogP contribution is 2.20. The molecule has 0 bridgehead atoms. The van der Waals surface area contributed by atoms with Gasteiger partial charge in [-0.05, 0) is 32.0 Å². The van der Waals surface area contributed by atoms with Crippen LogP contribution in [0.4, 0.5) is 0 Å². The summed E-state index contributed by atoms with van der Waals surface area (Å²) in [6.07, 6.45) is 7.40. The molecule has 0 spiro atoms. The number of aromatic nitrogens is 3. The van der Waals surface area contributed by atoms with E-state index in [-0.39, 0.29) is 12.1 Å². The van der Waals surface area contributed by atoms with Gasteiger partial charge >= 0.3 is 0 Å². The Kier molecular flexibility index (Phi) is 5.80. The molecule has 2 aromatic heterocycles. The molecule has 1 aromatic carbocycles. The highest BCUT2D eigenvalue weighted by molar-refractivity contribution is 5.33. The number of pyridine rings is 1. The van der Waals surface area contributed by atoms with Gasteiger partial charge in [0.25, 0.3) is 0 Å². The number of benzene rings is 1. The van der Waals surface area contributed by atoms with E-state index in [1.807, 2.05) is 59.7 Å². The average Bonchev–Trinajstić information content (AvgIpc) is 3.20. The number of nitrogens with one attached hydrogen (secondary N) is 1. The summed E-state index contributed by atoms with van der Waals surface area (Å²) in [5.74, 6) is 0.901. The number of ether oxygens (including phenoxy) is 1. The molecule has 0 aliphatic carbocycles. The molecule has 3 rings (SSSR count). The van der Waals surface area contributed by atoms with Crippen LogP contribution in [0.3, 0.4) is 0 Å². The van der Waals surface area contributed by atoms with E-state index in [2.05, 4.69) is 35.3 Å². The van der Waals surface area contributed by atoms with Crippen LogP contribution in [0.1, 0.15) is 31.0 Å². The maximum Gasteiger partial charge on any atom is 0.124 e. The minimum Gasteiger partial charge on any atom is -0.489 e. The zero-order chi connectivity index (χ0) is 17.5. The van der Waals surface area contributed by atoms with Crippen LogP contribution in [0.25, 0.3) is 0 Å². The van der Waals surface area contributed by atoms with Crippen LogP contribution >= 0.6 is 0 Å². The Morgan fingerprint density at radius 2 is 1.96 bits per heavy atom. The predicted molar refractivity (Wildman–Crippen MR) is 98.3 cm³/mol. The van der Waals surface area contributed by atoms with Gasteiger partial charge in [0.1, 0.15) is 12.4 Å². The van der Waals surface area contributed by atoms with Crippen molar-refractivity contribution in [2.45, 2.75) is 39.1 Å². The molecule has 1 N–H and O–H groups in total. The van der Waals surface area contributed by atoms with E-state index < -0.39 is 0 Å². The molecule has 0 aliphatic rings. The Labute approximate surface area is 148 Å². The van der Waals surface area contributed by atoms with Gasteiger partial charge in [0.15, 0.2) is 0 Å². The zero-order valence-electron chi connectivity index (χ0n) is 14.7. The topological polar surface area (TPSA) is 52.0 Å². The fourth-order valence-electron chi connectivity index (χ4n) is 2.63. The molecular formula is C20H24N4O. The van der Waals surface area contributed by atoms with Crippen molar-refractivity contribution in [2.24, 2.45) is 0 Å². The van der Waals surface area contributed by atoms with Crippen LogP contribution in [0.15, 0.2) is 67.3 Å². The normalized spacial score (nSPS) is 13.4. The molecule has 0 radical (unpaired) electrons. The smallest absolute Gasteiger partial charge is 0.124 e. The molecule has 0 aliphatic heterocycles. The lowest BCUT2D eigenvalue weighted by atomic mass is 10.1. The molecular weight excluding hydrogens is 312 g/mol. The van der Waals surface area contributed by atoms with Gasteiger partial charge in [-0.15, -0.1) is 0 Å². The summed E-state index contributed by atoms with van der Waals surface area (Å²) >= 11 is 0. The molecule has 2 atom stereocenters. The predicted octanol–water partition coefficient (Wildman–Crippen LogP) is 3.60. The van der Waals surface area contributed by atoms with E-state index in [0.29, 0.717) is 6.61 Å². The second-order valence-corrected chi connectivity index (χ2v) is 6.15. The fourth-order valence-corrected chi connectivity index (χ4v) is 2.63. The Hall–Kier alpha value is -2.66. The van der Waals surface area contributed by atoms with Gasteiger partial charge in [0, 0.05) is 48.5 Å². The summed E-state index contributed by atoms with van der Waals surface area (Å²) in [7, 11) is 0. The lowest BCUT2D eigenvalue weighted by Crippen LogP contribution is -2.33. The first-order valence-corrected chi connectivity index (χ1v) is 8.56. The number of hydrogen-bond donors (Lipinski definition) is 1. The third-order valence-corrected chi connectivity index (χ3v) is 4.37. The summed E-state index contributed by atoms with van der Waals surface area (Å²) in [4.78, 5) is 4.12. The van der Waals surface area contributed by atoms with Crippen molar-refractivity contribution in [3.8, 4) is 5.75 Å². The van der Waals surface area contributed by atoms with E-state index in [1.165, 1.54) is 0 Å². The third kappa shape index (κ3) is 4.67. The Bertz CT molecular complexity index is 758. The number of para-hydroxylation sites is 1. The Morgan fingerprint density at radius 1 is 1.08 bits per heavy atom. The lowest BCUT2D eigenvalue weighted by Gasteiger charge is -2.22. The molecule has 25 heavy (non-hydrogen) atoms. The van der Waals surface area contributed by atoms with Crippen molar-refractivity contribution in [2.75, 3.05) is 0 Å². The van der Waals surface area contributed by atoms with Crippen molar-refractivity contribution in [1.82, 2.24) is 20.1 Å². The van der Waals surface area contributed by atoms with Crippen LogP contribution in [-0.2, 0) is 13.2 Å². The summed E-state index contributed by atoms with van der Waals surface area (Å²) in [6, 6.07) is 14.6. The van der Waals surface area contributed by atoms with E-state index in [0.717, 1.165) is 23.4 Å². The average molecular weight is 336 g/mol. The van der Waals surface area contributed by atoms with Crippen LogP contribution in [-0.4, -0.2) is 20.8 Å². The maximum atomic E-state index is 5.99. The second kappa shape index (κ2) is 8.44. The number of nitrogens with zero attached hydrogens (tertiary/aromatic N) is 3. The molecule has 5 heteroatoms. The maximum absolute atomic E-state index is 5.99. The Morgan fingerprint density at radius 3 is 2.72 bits per heavy atom. The van der Waals surface area contributed by atoms with Crippen molar-refractivity contribution >= 4 is 0 Å². The molecule has 0 saturated heterocycles. The molecule has 130 valence electrons. The minimum absolute atomic E-state index is 0.276. The van der Waals surface area contributed by atoms with Crippen LogP contribution in [0.2, 0.25) is 0 Å². The van der Waals surface area contributed by atoms with Gasteiger partial charge in [-0.25, -0.2) is 0 Å². The van der Waals surface area contributed by atoms with Gasteiger partial charge in [-0.1, -0.05) is 24.3 Å². The number of hydrogen-bond acceptors (Lipinski definition) is 4. The molecule has 0 fully saturated rings. The van der Waals surface area contributed by atoms with Gasteiger partial charge in [0.05, 0.1) is 6.04 Å². The lowest BCUT2D eigenvalue weighted by molar-refractivity contribution is 0.299. The minimum atomic E-state index is 0.276. The van der Waals surface area contributed by atoms with E-state index in [1.54, 1.807) is 6.20 Å². The zero-order valence-corrected chi connectivity index (χ0v) is 14.7. The second-order valence-electron chi connectivity index (χ2n) is 6.15. The van der Waals surface area contributed by atoms with Crippen LogP contribution < -0.4 is 10.1 Å². The molecule has 2 unspecified atom stereocenters. The highest BCUT2D eigenvalue weighted by Gasteiger charge is 2.14. The molecule has 0 amide bonds. The van der Waals surface area contributed by atoms with E-state index in [4.69, 9.17) is 4.74 Å². The first kappa shape index (κ1) is 17.2. The van der Waals surface area contributed by atoms with Crippen LogP contribution in [0, 0.1) is 0 Å². The van der Waals surface area contributed by atoms with Gasteiger partial charge in [-0.2, -0.15) is 5.10 Å². The van der Waals surface area contributed by atoms with Crippen molar-refractivity contribution in [3.05, 3.63) is 78.4 Å². The summed E-state index contributed by atoms with van der Waals surface area (Å²) in [5.41, 5.74) is 2.21. The standard InChI is InChI=1S/C20H24N4O/c1-16(17(2)24-12-6-11-23-24)22-14-19-8-3-4-9-20(19)25-15-18-7-5-10-21-13-18/h3-13,16-17,22H,14-15H2,1-2H3. The first-order valence-electron chi connectivity index (χ1n) is 8.56. The van der Waals surface area contributed by atoms with E-state index >= 15 is 0 Å². The molecule has 3 aromatic rings. The molecule has 5 nitrogen and oxygen atoms in total. The quantitative estimate of drug-likeness (QED) is 0.683. The van der Waals surface area contributed by atoms with E-state index in [9.17, 15) is 0 Å². The van der Waals surface area contributed by atoms with Gasteiger partial charge < -0.3 is 10.1 Å². The largest absolute Gasteiger partial charge is 0.489 e.